The minimum Gasteiger partial charge on any atom is -0.478 e. The Balaban J connectivity index is 3.08. The molecule has 106 valence electrons. The van der Waals surface area contributed by atoms with Crippen molar-refractivity contribution in [2.24, 2.45) is 5.73 Å². The summed E-state index contributed by atoms with van der Waals surface area (Å²) in [5, 5.41) is 8.62. The molecule has 0 saturated carbocycles. The first-order valence-electron chi connectivity index (χ1n) is 5.87. The molecule has 3 N–H and O–H groups in total. The molecular formula is C14H16N2O4. The summed E-state index contributed by atoms with van der Waals surface area (Å²) in [5.41, 5.74) is 6.73. The Bertz CT molecular complexity index is 579. The summed E-state index contributed by atoms with van der Waals surface area (Å²) in [6, 6.07) is 4.98. The lowest BCUT2D eigenvalue weighted by atomic mass is 10.0. The molecular weight excluding hydrogens is 260 g/mol. The summed E-state index contributed by atoms with van der Waals surface area (Å²) in [6.45, 7) is 1.54. The first-order chi connectivity index (χ1) is 9.32. The molecule has 0 saturated heterocycles. The van der Waals surface area contributed by atoms with E-state index in [0.717, 1.165) is 6.08 Å². The lowest BCUT2D eigenvalue weighted by Crippen LogP contribution is -2.35. The van der Waals surface area contributed by atoms with Crippen molar-refractivity contribution >= 4 is 23.9 Å². The van der Waals surface area contributed by atoms with Gasteiger partial charge in [0.2, 0.25) is 5.91 Å². The van der Waals surface area contributed by atoms with Crippen LogP contribution in [0.2, 0.25) is 0 Å². The van der Waals surface area contributed by atoms with Crippen molar-refractivity contribution in [1.82, 2.24) is 4.90 Å². The smallest absolute Gasteiger partial charge is 0.328 e. The quantitative estimate of drug-likeness (QED) is 0.771. The molecule has 0 spiro atoms. The molecule has 0 fully saturated rings. The van der Waals surface area contributed by atoms with E-state index in [9.17, 15) is 14.4 Å². The molecule has 6 nitrogen and oxygen atoms in total. The zero-order chi connectivity index (χ0) is 15.3. The maximum absolute atomic E-state index is 12.2. The van der Waals surface area contributed by atoms with Gasteiger partial charge in [-0.3, -0.25) is 9.59 Å². The largest absolute Gasteiger partial charge is 0.478 e. The number of rotatable bonds is 5. The third-order valence-electron chi connectivity index (χ3n) is 2.75. The fraction of sp³-hybridized carbons (Fsp3) is 0.214. The number of amides is 2. The van der Waals surface area contributed by atoms with Crippen molar-refractivity contribution in [2.75, 3.05) is 13.6 Å². The van der Waals surface area contributed by atoms with Gasteiger partial charge in [0.25, 0.3) is 5.91 Å². The van der Waals surface area contributed by atoms with Gasteiger partial charge in [-0.25, -0.2) is 4.79 Å². The summed E-state index contributed by atoms with van der Waals surface area (Å²) < 4.78 is 0. The van der Waals surface area contributed by atoms with Gasteiger partial charge in [-0.15, -0.1) is 0 Å². The molecule has 0 bridgehead atoms. The molecule has 6 heteroatoms. The van der Waals surface area contributed by atoms with Crippen LogP contribution < -0.4 is 5.73 Å². The van der Waals surface area contributed by atoms with Crippen LogP contribution in [0.1, 0.15) is 21.5 Å². The second kappa shape index (κ2) is 6.51. The van der Waals surface area contributed by atoms with Crippen LogP contribution in [0.15, 0.2) is 24.3 Å². The van der Waals surface area contributed by atoms with Crippen LogP contribution in [0, 0.1) is 6.92 Å². The number of carbonyl (C=O) groups excluding carboxylic acids is 2. The lowest BCUT2D eigenvalue weighted by Gasteiger charge is -2.17. The van der Waals surface area contributed by atoms with Crippen LogP contribution in [0.5, 0.6) is 0 Å². The highest BCUT2D eigenvalue weighted by atomic mass is 16.4. The van der Waals surface area contributed by atoms with E-state index >= 15 is 0 Å². The Hall–Kier alpha value is -2.63. The number of nitrogens with two attached hydrogens (primary N) is 1. The van der Waals surface area contributed by atoms with E-state index in [1.165, 1.54) is 18.0 Å². The third-order valence-corrected chi connectivity index (χ3v) is 2.75. The van der Waals surface area contributed by atoms with Gasteiger partial charge in [0.1, 0.15) is 0 Å². The fourth-order valence-corrected chi connectivity index (χ4v) is 1.74. The van der Waals surface area contributed by atoms with Crippen LogP contribution >= 0.6 is 0 Å². The van der Waals surface area contributed by atoms with Gasteiger partial charge < -0.3 is 15.7 Å². The van der Waals surface area contributed by atoms with E-state index in [4.69, 9.17) is 10.8 Å². The summed E-state index contributed by atoms with van der Waals surface area (Å²) >= 11 is 0. The van der Waals surface area contributed by atoms with E-state index < -0.39 is 11.9 Å². The number of hydrogen-bond donors (Lipinski definition) is 2. The van der Waals surface area contributed by atoms with Crippen molar-refractivity contribution in [2.45, 2.75) is 6.92 Å². The second-order valence-electron chi connectivity index (χ2n) is 4.32. The van der Waals surface area contributed by atoms with Gasteiger partial charge in [-0.05, 0) is 30.2 Å². The topological polar surface area (TPSA) is 101 Å². The first kappa shape index (κ1) is 15.4. The van der Waals surface area contributed by atoms with Crippen LogP contribution in [0.3, 0.4) is 0 Å². The number of aliphatic carboxylic acids is 1. The van der Waals surface area contributed by atoms with E-state index in [1.807, 2.05) is 0 Å². The van der Waals surface area contributed by atoms with Gasteiger partial charge in [-0.2, -0.15) is 0 Å². The first-order valence-corrected chi connectivity index (χ1v) is 5.87. The SMILES string of the molecule is Cc1c(C=CC(=O)O)cccc1C(=O)N(C)CC(N)=O. The Morgan fingerprint density at radius 2 is 2.00 bits per heavy atom. The minimum absolute atomic E-state index is 0.173. The molecule has 0 aliphatic rings. The lowest BCUT2D eigenvalue weighted by molar-refractivity contribution is -0.131. The predicted octanol–water partition coefficient (Wildman–Crippen LogP) is 0.650. The van der Waals surface area contributed by atoms with Crippen LogP contribution in [0.4, 0.5) is 0 Å². The van der Waals surface area contributed by atoms with Crippen LogP contribution in [-0.4, -0.2) is 41.4 Å². The molecule has 0 radical (unpaired) electrons. The van der Waals surface area contributed by atoms with Crippen LogP contribution in [-0.2, 0) is 9.59 Å². The molecule has 0 aliphatic carbocycles. The molecule has 0 atom stereocenters. The Labute approximate surface area is 116 Å². The number of carboxylic acid groups (broad SMARTS) is 1. The van der Waals surface area contributed by atoms with Crippen molar-refractivity contribution in [3.63, 3.8) is 0 Å². The molecule has 20 heavy (non-hydrogen) atoms. The number of carbonyl (C=O) groups is 3. The average Bonchev–Trinajstić information content (AvgIpc) is 2.35. The van der Waals surface area contributed by atoms with Gasteiger partial charge in [0.15, 0.2) is 0 Å². The zero-order valence-electron chi connectivity index (χ0n) is 11.3. The van der Waals surface area contributed by atoms with E-state index in [1.54, 1.807) is 25.1 Å². The Morgan fingerprint density at radius 1 is 1.35 bits per heavy atom. The van der Waals surface area contributed by atoms with Gasteiger partial charge in [-0.1, -0.05) is 12.1 Å². The maximum atomic E-state index is 12.2. The number of primary amides is 1. The summed E-state index contributed by atoms with van der Waals surface area (Å²) in [6.07, 6.45) is 2.42. The third kappa shape index (κ3) is 3.94. The standard InChI is InChI=1S/C14H16N2O4/c1-9-10(6-7-13(18)19)4-3-5-11(9)14(20)16(2)8-12(15)17/h3-7H,8H2,1-2H3,(H2,15,17)(H,18,19). The molecule has 0 aliphatic heterocycles. The van der Waals surface area contributed by atoms with Gasteiger partial charge >= 0.3 is 5.97 Å². The van der Waals surface area contributed by atoms with Gasteiger partial charge in [0.05, 0.1) is 6.54 Å². The molecule has 0 unspecified atom stereocenters. The summed E-state index contributed by atoms with van der Waals surface area (Å²) in [4.78, 5) is 34.7. The highest BCUT2D eigenvalue weighted by molar-refractivity contribution is 5.98. The number of carboxylic acids is 1. The van der Waals surface area contributed by atoms with Gasteiger partial charge in [0, 0.05) is 18.7 Å². The highest BCUT2D eigenvalue weighted by Gasteiger charge is 2.16. The monoisotopic (exact) mass is 276 g/mol. The van der Waals surface area contributed by atoms with Crippen LogP contribution in [0.25, 0.3) is 6.08 Å². The molecule has 1 rings (SSSR count). The normalized spacial score (nSPS) is 10.5. The maximum Gasteiger partial charge on any atom is 0.328 e. The molecule has 0 aromatic heterocycles. The van der Waals surface area contributed by atoms with E-state index in [2.05, 4.69) is 0 Å². The predicted molar refractivity (Wildman–Crippen MR) is 74.0 cm³/mol. The molecule has 1 aromatic rings. The van der Waals surface area contributed by atoms with Crippen molar-refractivity contribution in [3.8, 4) is 0 Å². The van der Waals surface area contributed by atoms with E-state index in [0.29, 0.717) is 16.7 Å². The summed E-state index contributed by atoms with van der Waals surface area (Å²) in [5.74, 6) is -2.00. The Kier molecular flexibility index (Phi) is 5.02. The number of likely N-dealkylation sites (N-methyl/N-ethyl adjacent to an activating group) is 1. The minimum atomic E-state index is -1.06. The van der Waals surface area contributed by atoms with Crippen molar-refractivity contribution in [1.29, 1.82) is 0 Å². The zero-order valence-corrected chi connectivity index (χ0v) is 11.3. The highest BCUT2D eigenvalue weighted by Crippen LogP contribution is 2.17. The number of benzene rings is 1. The molecule has 1 aromatic carbocycles. The fourth-order valence-electron chi connectivity index (χ4n) is 1.74. The second-order valence-corrected chi connectivity index (χ2v) is 4.32. The molecule has 0 heterocycles. The van der Waals surface area contributed by atoms with E-state index in [-0.39, 0.29) is 12.5 Å². The average molecular weight is 276 g/mol. The number of nitrogens with zero attached hydrogens (tertiary/aromatic N) is 1. The Morgan fingerprint density at radius 3 is 2.55 bits per heavy atom. The molecule has 2 amide bonds. The number of hydrogen-bond acceptors (Lipinski definition) is 3. The van der Waals surface area contributed by atoms with Crippen molar-refractivity contribution in [3.05, 3.63) is 41.0 Å². The van der Waals surface area contributed by atoms with Crippen molar-refractivity contribution < 1.29 is 19.5 Å². The summed E-state index contributed by atoms with van der Waals surface area (Å²) in [7, 11) is 1.48.